The maximum atomic E-state index is 10.4. The lowest BCUT2D eigenvalue weighted by molar-refractivity contribution is -0.109. The molecule has 0 saturated carbocycles. The molecule has 0 aliphatic heterocycles. The van der Waals surface area contributed by atoms with E-state index < -0.39 is 0 Å². The van der Waals surface area contributed by atoms with Crippen LogP contribution in [-0.4, -0.2) is 37.0 Å². The molecule has 0 atom stereocenters. The molecule has 0 saturated heterocycles. The van der Waals surface area contributed by atoms with Gasteiger partial charge in [-0.1, -0.05) is 11.6 Å². The Hall–Kier alpha value is -2.14. The minimum atomic E-state index is -0.00866. The molecule has 0 aliphatic rings. The Morgan fingerprint density at radius 3 is 2.60 bits per heavy atom. The highest BCUT2D eigenvalue weighted by Gasteiger charge is 2.09. The first-order valence-corrected chi connectivity index (χ1v) is 6.35. The van der Waals surface area contributed by atoms with Gasteiger partial charge in [-0.15, -0.1) is 0 Å². The fourth-order valence-electron chi connectivity index (χ4n) is 1.67. The second kappa shape index (κ2) is 6.34. The number of anilines is 1. The van der Waals surface area contributed by atoms with Gasteiger partial charge in [-0.2, -0.15) is 0 Å². The van der Waals surface area contributed by atoms with Crippen molar-refractivity contribution in [2.24, 2.45) is 0 Å². The average Bonchev–Trinajstić information content (AvgIpc) is 2.46. The Labute approximate surface area is 122 Å². The largest absolute Gasteiger partial charge is 0.485 e. The molecule has 0 unspecified atom stereocenters. The monoisotopic (exact) mass is 291 g/mol. The smallest absolute Gasteiger partial charge is 0.224 e. The van der Waals surface area contributed by atoms with Crippen LogP contribution in [0.5, 0.6) is 5.75 Å². The highest BCUT2D eigenvalue weighted by Crippen LogP contribution is 2.32. The van der Waals surface area contributed by atoms with Gasteiger partial charge in [0.15, 0.2) is 6.29 Å². The van der Waals surface area contributed by atoms with Gasteiger partial charge in [-0.3, -0.25) is 4.79 Å². The van der Waals surface area contributed by atoms with Crippen molar-refractivity contribution in [1.82, 2.24) is 9.97 Å². The normalized spacial score (nSPS) is 10.2. The number of carbonyl (C=O) groups is 1. The van der Waals surface area contributed by atoms with Crippen LogP contribution in [0.4, 0.5) is 5.95 Å². The molecule has 6 heteroatoms. The molecule has 1 aromatic heterocycles. The van der Waals surface area contributed by atoms with E-state index in [0.29, 0.717) is 23.0 Å². The first-order chi connectivity index (χ1) is 9.61. The summed E-state index contributed by atoms with van der Waals surface area (Å²) in [6, 6.07) is 5.19. The zero-order valence-corrected chi connectivity index (χ0v) is 12.0. The highest BCUT2D eigenvalue weighted by atomic mass is 35.5. The third-order valence-electron chi connectivity index (χ3n) is 2.60. The molecule has 0 bridgehead atoms. The van der Waals surface area contributed by atoms with Crippen LogP contribution >= 0.6 is 11.6 Å². The van der Waals surface area contributed by atoms with Crippen molar-refractivity contribution >= 4 is 23.8 Å². The van der Waals surface area contributed by atoms with Gasteiger partial charge in [0.05, 0.1) is 0 Å². The molecule has 0 radical (unpaired) electrons. The zero-order chi connectivity index (χ0) is 14.5. The molecule has 2 rings (SSSR count). The van der Waals surface area contributed by atoms with E-state index in [0.717, 1.165) is 11.1 Å². The van der Waals surface area contributed by atoms with Crippen LogP contribution in [-0.2, 0) is 4.79 Å². The number of rotatable bonds is 5. The lowest BCUT2D eigenvalue weighted by Gasteiger charge is -2.12. The van der Waals surface area contributed by atoms with Crippen LogP contribution in [0, 0.1) is 0 Å². The first kappa shape index (κ1) is 14.3. The molecule has 0 amide bonds. The molecular formula is C14H14ClN3O2. The van der Waals surface area contributed by atoms with E-state index in [1.165, 1.54) is 0 Å². The van der Waals surface area contributed by atoms with Crippen molar-refractivity contribution in [2.75, 3.05) is 25.6 Å². The summed E-state index contributed by atoms with van der Waals surface area (Å²) in [7, 11) is 3.74. The summed E-state index contributed by atoms with van der Waals surface area (Å²) in [5.41, 5.74) is 1.53. The van der Waals surface area contributed by atoms with Crippen molar-refractivity contribution < 1.29 is 9.53 Å². The molecule has 104 valence electrons. The van der Waals surface area contributed by atoms with Crippen molar-refractivity contribution in [3.63, 3.8) is 0 Å². The van der Waals surface area contributed by atoms with Gasteiger partial charge in [-0.25, -0.2) is 9.97 Å². The summed E-state index contributed by atoms with van der Waals surface area (Å²) in [6.07, 6.45) is 4.09. The number of halogens is 1. The molecule has 5 nitrogen and oxygen atoms in total. The Bertz CT molecular complexity index is 600. The van der Waals surface area contributed by atoms with E-state index in [2.05, 4.69) is 9.97 Å². The fourth-order valence-corrected chi connectivity index (χ4v) is 1.84. The van der Waals surface area contributed by atoms with Crippen LogP contribution in [0.25, 0.3) is 11.1 Å². The molecule has 0 fully saturated rings. The molecule has 0 aliphatic carbocycles. The van der Waals surface area contributed by atoms with E-state index >= 15 is 0 Å². The second-order valence-corrected chi connectivity index (χ2v) is 4.72. The SMILES string of the molecule is CN(C)c1ncc(-c2cc(Cl)ccc2OCC=O)cn1. The summed E-state index contributed by atoms with van der Waals surface area (Å²) in [6.45, 7) is -0.00866. The number of benzene rings is 1. The summed E-state index contributed by atoms with van der Waals surface area (Å²) < 4.78 is 5.38. The topological polar surface area (TPSA) is 55.3 Å². The summed E-state index contributed by atoms with van der Waals surface area (Å²) in [5, 5.41) is 0.579. The number of aldehydes is 1. The summed E-state index contributed by atoms with van der Waals surface area (Å²) in [4.78, 5) is 20.7. The first-order valence-electron chi connectivity index (χ1n) is 5.97. The van der Waals surface area contributed by atoms with Crippen molar-refractivity contribution in [3.05, 3.63) is 35.6 Å². The molecule has 1 aromatic carbocycles. The van der Waals surface area contributed by atoms with Gasteiger partial charge in [0.25, 0.3) is 0 Å². The van der Waals surface area contributed by atoms with Gasteiger partial charge in [0.1, 0.15) is 12.4 Å². The molecule has 20 heavy (non-hydrogen) atoms. The minimum absolute atomic E-state index is 0.00866. The quantitative estimate of drug-likeness (QED) is 0.792. The molecule has 1 heterocycles. The van der Waals surface area contributed by atoms with Crippen molar-refractivity contribution in [1.29, 1.82) is 0 Å². The van der Waals surface area contributed by atoms with Crippen LogP contribution in [0.15, 0.2) is 30.6 Å². The van der Waals surface area contributed by atoms with Crippen LogP contribution in [0.3, 0.4) is 0 Å². The predicted molar refractivity (Wildman–Crippen MR) is 78.4 cm³/mol. The fraction of sp³-hybridized carbons (Fsp3) is 0.214. The van der Waals surface area contributed by atoms with Gasteiger partial charge in [-0.05, 0) is 18.2 Å². The van der Waals surface area contributed by atoms with Gasteiger partial charge < -0.3 is 9.64 Å². The second-order valence-electron chi connectivity index (χ2n) is 4.28. The highest BCUT2D eigenvalue weighted by molar-refractivity contribution is 6.31. The van der Waals surface area contributed by atoms with E-state index in [1.807, 2.05) is 19.0 Å². The lowest BCUT2D eigenvalue weighted by atomic mass is 10.1. The summed E-state index contributed by atoms with van der Waals surface area (Å²) in [5.74, 6) is 1.19. The van der Waals surface area contributed by atoms with Gasteiger partial charge >= 0.3 is 0 Å². The van der Waals surface area contributed by atoms with Gasteiger partial charge in [0, 0.05) is 42.6 Å². The number of carbonyl (C=O) groups excluding carboxylic acids is 1. The van der Waals surface area contributed by atoms with Crippen molar-refractivity contribution in [3.8, 4) is 16.9 Å². The van der Waals surface area contributed by atoms with Crippen LogP contribution in [0.2, 0.25) is 5.02 Å². The number of hydrogen-bond acceptors (Lipinski definition) is 5. The average molecular weight is 292 g/mol. The Balaban J connectivity index is 2.39. The molecule has 0 spiro atoms. The lowest BCUT2D eigenvalue weighted by Crippen LogP contribution is -2.12. The molecule has 0 N–H and O–H groups in total. The Morgan fingerprint density at radius 2 is 2.00 bits per heavy atom. The van der Waals surface area contributed by atoms with Crippen LogP contribution in [0.1, 0.15) is 0 Å². The number of aromatic nitrogens is 2. The van der Waals surface area contributed by atoms with Crippen LogP contribution < -0.4 is 9.64 Å². The van der Waals surface area contributed by atoms with Gasteiger partial charge in [0.2, 0.25) is 5.95 Å². The summed E-state index contributed by atoms with van der Waals surface area (Å²) >= 11 is 6.01. The maximum absolute atomic E-state index is 10.4. The van der Waals surface area contributed by atoms with Crippen molar-refractivity contribution in [2.45, 2.75) is 0 Å². The third kappa shape index (κ3) is 3.24. The Morgan fingerprint density at radius 1 is 1.30 bits per heavy atom. The minimum Gasteiger partial charge on any atom is -0.485 e. The zero-order valence-electron chi connectivity index (χ0n) is 11.2. The number of nitrogens with zero attached hydrogens (tertiary/aromatic N) is 3. The van der Waals surface area contributed by atoms with E-state index in [1.54, 1.807) is 30.6 Å². The number of hydrogen-bond donors (Lipinski definition) is 0. The number of ether oxygens (including phenoxy) is 1. The predicted octanol–water partition coefficient (Wildman–Crippen LogP) is 2.44. The standard InChI is InChI=1S/C14H14ClN3O2/c1-18(2)14-16-8-10(9-17-14)12-7-11(15)3-4-13(12)20-6-5-19/h3-5,7-9H,6H2,1-2H3. The van der Waals surface area contributed by atoms with E-state index in [-0.39, 0.29) is 6.61 Å². The van der Waals surface area contributed by atoms with E-state index in [4.69, 9.17) is 16.3 Å². The maximum Gasteiger partial charge on any atom is 0.224 e. The molecule has 2 aromatic rings. The third-order valence-corrected chi connectivity index (χ3v) is 2.83. The Kier molecular flexibility index (Phi) is 4.53. The molecular weight excluding hydrogens is 278 g/mol. The van der Waals surface area contributed by atoms with E-state index in [9.17, 15) is 4.79 Å².